The number of anilines is 3. The number of fused-ring (bicyclic) bond motifs is 4. The highest BCUT2D eigenvalue weighted by atomic mass is 16.5. The summed E-state index contributed by atoms with van der Waals surface area (Å²) in [4.78, 5) is 55.9. The second kappa shape index (κ2) is 15.1. The second-order valence-electron chi connectivity index (χ2n) is 17.8. The molecule has 59 heavy (non-hydrogen) atoms. The molecule has 8 atom stereocenters. The van der Waals surface area contributed by atoms with Crippen molar-refractivity contribution in [1.82, 2.24) is 35.1 Å². The fraction of sp³-hybridized carbons (Fsp3) is 0.545. The van der Waals surface area contributed by atoms with E-state index in [1.165, 1.54) is 23.1 Å². The monoisotopic (exact) mass is 802 g/mol. The summed E-state index contributed by atoms with van der Waals surface area (Å²) < 4.78 is 5.97. The average Bonchev–Trinajstić information content (AvgIpc) is 3.95. The largest absolute Gasteiger partial charge is 0.374 e. The normalized spacial score (nSPS) is 29.6. The third-order valence-electron chi connectivity index (χ3n) is 14.4. The SMILES string of the molecule is CCC1CC(c2ccc(Nc3nc(N4CCC[C@@H](N5CCN(C)C5=O)C4)cnc3C(N)=O)cc2)CC2CC([C@@H]3Cc4ccc5c(C6CCC(O)NC6=O)noc5c4C3)N12. The van der Waals surface area contributed by atoms with E-state index < -0.39 is 18.1 Å². The lowest BCUT2D eigenvalue weighted by Crippen LogP contribution is -2.65. The molecule has 2 aromatic carbocycles. The molecule has 0 spiro atoms. The molecule has 0 saturated carbocycles. The minimum Gasteiger partial charge on any atom is -0.374 e. The van der Waals surface area contributed by atoms with E-state index in [0.29, 0.717) is 66.7 Å². The standard InChI is InChI=1S/C44H54N10O5/c1-3-29-18-26(19-31-21-35(54(29)31)27-17-25-8-11-32-38(50-59-40(32)34(25)20-27)33-12-13-37(55)49-43(33)57)24-6-9-28(10-7-24)47-42-39(41(45)56)46-22-36(48-42)52-14-4-5-30(23-52)53-16-15-51(2)44(53)58/h6-11,22,26-27,29-31,33,35,37,55H,3-5,12-21,23H2,1-2H3,(H2,45,56)(H,47,48)(H,49,57)/t26?,27-,29?,30-,31?,33?,35?,37?/m1/s1. The van der Waals surface area contributed by atoms with E-state index in [2.05, 4.69) is 73.9 Å². The van der Waals surface area contributed by atoms with Crippen molar-refractivity contribution in [2.45, 2.75) is 113 Å². The highest BCUT2D eigenvalue weighted by Gasteiger charge is 2.51. The summed E-state index contributed by atoms with van der Waals surface area (Å²) in [5.74, 6) is 0.726. The van der Waals surface area contributed by atoms with Crippen LogP contribution in [0.2, 0.25) is 0 Å². The smallest absolute Gasteiger partial charge is 0.320 e. The zero-order valence-corrected chi connectivity index (χ0v) is 33.8. The van der Waals surface area contributed by atoms with Crippen LogP contribution >= 0.6 is 0 Å². The number of nitrogens with one attached hydrogen (secondary N) is 2. The number of nitrogens with zero attached hydrogens (tertiary/aromatic N) is 7. The van der Waals surface area contributed by atoms with Gasteiger partial charge in [-0.05, 0) is 105 Å². The first-order valence-corrected chi connectivity index (χ1v) is 21.6. The molecule has 5 saturated heterocycles. The zero-order chi connectivity index (χ0) is 40.5. The Labute approximate surface area is 343 Å². The number of primary amides is 1. The fourth-order valence-corrected chi connectivity index (χ4v) is 11.3. The quantitative estimate of drug-likeness (QED) is 0.185. The maximum atomic E-state index is 12.7. The van der Waals surface area contributed by atoms with Crippen LogP contribution in [0.4, 0.5) is 22.1 Å². The van der Waals surface area contributed by atoms with Gasteiger partial charge in [0.15, 0.2) is 17.1 Å². The average molecular weight is 803 g/mol. The van der Waals surface area contributed by atoms with Crippen LogP contribution in [0.5, 0.6) is 0 Å². The number of likely N-dealkylation sites (N-methyl/N-ethyl adjacent to an activating group) is 1. The molecule has 5 fully saturated rings. The summed E-state index contributed by atoms with van der Waals surface area (Å²) in [7, 11) is 1.84. The van der Waals surface area contributed by atoms with Gasteiger partial charge in [-0.15, -0.1) is 0 Å². The van der Waals surface area contributed by atoms with Crippen LogP contribution in [0.15, 0.2) is 47.1 Å². The van der Waals surface area contributed by atoms with E-state index in [-0.39, 0.29) is 23.7 Å². The van der Waals surface area contributed by atoms with Crippen LogP contribution in [0.3, 0.4) is 0 Å². The van der Waals surface area contributed by atoms with E-state index in [0.717, 1.165) is 81.2 Å². The van der Waals surface area contributed by atoms with Crippen molar-refractivity contribution in [3.8, 4) is 0 Å². The summed E-state index contributed by atoms with van der Waals surface area (Å²) in [5, 5.41) is 21.2. The lowest BCUT2D eigenvalue weighted by molar-refractivity contribution is -0.128. The molecule has 7 heterocycles. The van der Waals surface area contributed by atoms with Gasteiger partial charge in [-0.1, -0.05) is 30.3 Å². The van der Waals surface area contributed by atoms with Gasteiger partial charge in [0.25, 0.3) is 5.91 Å². The van der Waals surface area contributed by atoms with Crippen molar-refractivity contribution >= 4 is 46.1 Å². The predicted octanol–water partition coefficient (Wildman–Crippen LogP) is 4.62. The first-order valence-electron chi connectivity index (χ1n) is 21.6. The Morgan fingerprint density at radius 1 is 1.02 bits per heavy atom. The molecule has 0 radical (unpaired) electrons. The van der Waals surface area contributed by atoms with Gasteiger partial charge in [0, 0.05) is 68.0 Å². The molecule has 10 rings (SSSR count). The second-order valence-corrected chi connectivity index (χ2v) is 17.8. The van der Waals surface area contributed by atoms with Gasteiger partial charge < -0.3 is 40.7 Å². The van der Waals surface area contributed by atoms with E-state index in [9.17, 15) is 19.5 Å². The molecule has 6 aliphatic rings. The number of aromatic nitrogens is 3. The minimum atomic E-state index is -0.796. The molecular weight excluding hydrogens is 749 g/mol. The number of piperidine rings is 3. The molecular formula is C44H54N10O5. The van der Waals surface area contributed by atoms with Crippen molar-refractivity contribution < 1.29 is 24.0 Å². The Balaban J connectivity index is 0.792. The topological polar surface area (TPSA) is 186 Å². The molecule has 1 aliphatic carbocycles. The number of hydrogen-bond acceptors (Lipinski definition) is 11. The summed E-state index contributed by atoms with van der Waals surface area (Å²) in [5.41, 5.74) is 12.1. The molecule has 0 bridgehead atoms. The van der Waals surface area contributed by atoms with Crippen LogP contribution in [0.1, 0.15) is 103 Å². The predicted molar refractivity (Wildman–Crippen MR) is 221 cm³/mol. The van der Waals surface area contributed by atoms with Gasteiger partial charge in [-0.2, -0.15) is 0 Å². The van der Waals surface area contributed by atoms with Crippen molar-refractivity contribution in [3.05, 3.63) is 70.7 Å². The molecule has 5 aliphatic heterocycles. The molecule has 2 aromatic heterocycles. The number of carbonyl (C=O) groups excluding carboxylic acids is 3. The maximum Gasteiger partial charge on any atom is 0.320 e. The number of rotatable bonds is 9. The van der Waals surface area contributed by atoms with Gasteiger partial charge in [0.1, 0.15) is 17.7 Å². The van der Waals surface area contributed by atoms with E-state index in [4.69, 9.17) is 15.2 Å². The van der Waals surface area contributed by atoms with Crippen LogP contribution in [-0.4, -0.2) is 116 Å². The molecule has 5 N–H and O–H groups in total. The zero-order valence-electron chi connectivity index (χ0n) is 33.8. The number of nitrogens with two attached hydrogens (primary N) is 1. The van der Waals surface area contributed by atoms with Crippen LogP contribution in [-0.2, 0) is 17.6 Å². The van der Waals surface area contributed by atoms with Crippen LogP contribution < -0.4 is 21.3 Å². The van der Waals surface area contributed by atoms with Gasteiger partial charge in [0.2, 0.25) is 5.91 Å². The highest BCUT2D eigenvalue weighted by Crippen LogP contribution is 2.50. The Kier molecular flexibility index (Phi) is 9.70. The number of amides is 4. The summed E-state index contributed by atoms with van der Waals surface area (Å²) >= 11 is 0. The van der Waals surface area contributed by atoms with Crippen molar-refractivity contribution in [1.29, 1.82) is 0 Å². The minimum absolute atomic E-state index is 0.0721. The first-order chi connectivity index (χ1) is 28.6. The molecule has 6 unspecified atom stereocenters. The first kappa shape index (κ1) is 38.0. The highest BCUT2D eigenvalue weighted by molar-refractivity contribution is 5.96. The fourth-order valence-electron chi connectivity index (χ4n) is 11.3. The lowest BCUT2D eigenvalue weighted by atomic mass is 9.70. The number of hydrogen-bond donors (Lipinski definition) is 4. The van der Waals surface area contributed by atoms with Gasteiger partial charge in [0.05, 0.1) is 18.2 Å². The molecule has 310 valence electrons. The Morgan fingerprint density at radius 3 is 2.63 bits per heavy atom. The van der Waals surface area contributed by atoms with Crippen LogP contribution in [0, 0.1) is 5.92 Å². The number of benzene rings is 2. The Bertz CT molecular complexity index is 2280. The summed E-state index contributed by atoms with van der Waals surface area (Å²) in [6, 6.07) is 14.6. The van der Waals surface area contributed by atoms with Crippen molar-refractivity contribution in [2.75, 3.05) is 43.4 Å². The number of aliphatic hydroxyl groups is 1. The van der Waals surface area contributed by atoms with Gasteiger partial charge in [-0.3, -0.25) is 14.5 Å². The van der Waals surface area contributed by atoms with Crippen molar-refractivity contribution in [3.63, 3.8) is 0 Å². The maximum absolute atomic E-state index is 12.7. The lowest BCUT2D eigenvalue weighted by Gasteiger charge is -2.59. The summed E-state index contributed by atoms with van der Waals surface area (Å²) in [6.07, 6.45) is 10.3. The van der Waals surface area contributed by atoms with E-state index in [1.54, 1.807) is 11.1 Å². The van der Waals surface area contributed by atoms with Crippen LogP contribution in [0.25, 0.3) is 11.0 Å². The van der Waals surface area contributed by atoms with Crippen molar-refractivity contribution in [2.24, 2.45) is 11.7 Å². The van der Waals surface area contributed by atoms with E-state index in [1.807, 2.05) is 11.9 Å². The number of carbonyl (C=O) groups is 3. The van der Waals surface area contributed by atoms with Gasteiger partial charge in [-0.25, -0.2) is 14.8 Å². The number of aliphatic hydroxyl groups excluding tert-OH is 1. The number of urea groups is 1. The third kappa shape index (κ3) is 6.75. The molecule has 15 nitrogen and oxygen atoms in total. The summed E-state index contributed by atoms with van der Waals surface area (Å²) in [6.45, 7) is 5.24. The van der Waals surface area contributed by atoms with E-state index >= 15 is 0 Å². The Morgan fingerprint density at radius 2 is 1.86 bits per heavy atom. The molecule has 4 aromatic rings. The Hall–Kier alpha value is -5.28. The third-order valence-corrected chi connectivity index (χ3v) is 14.4. The molecule has 4 amide bonds. The van der Waals surface area contributed by atoms with Gasteiger partial charge >= 0.3 is 6.03 Å². The molecule has 15 heteroatoms.